The molecule has 24 heavy (non-hydrogen) atoms. The Balaban J connectivity index is 2.27. The highest BCUT2D eigenvalue weighted by Gasteiger charge is 2.17. The standard InChI is InChI=1S/C16H16N2O5S/c1-22-13-6-5-11(9-14(13)23-2)17-16(19)10-4-7-15(24-3)12(8-10)18(20)21/h4-9H,1-3H3,(H,17,19). The number of benzene rings is 2. The molecular formula is C16H16N2O5S. The van der Waals surface area contributed by atoms with Crippen molar-refractivity contribution in [3.63, 3.8) is 0 Å². The summed E-state index contributed by atoms with van der Waals surface area (Å²) in [5.41, 5.74) is 0.603. The van der Waals surface area contributed by atoms with Crippen LogP contribution in [0.3, 0.4) is 0 Å². The number of nitro benzene ring substituents is 1. The molecule has 8 heteroatoms. The van der Waals surface area contributed by atoms with E-state index in [9.17, 15) is 14.9 Å². The Morgan fingerprint density at radius 2 is 1.83 bits per heavy atom. The molecule has 0 spiro atoms. The van der Waals surface area contributed by atoms with Gasteiger partial charge >= 0.3 is 0 Å². The minimum atomic E-state index is -0.501. The van der Waals surface area contributed by atoms with E-state index in [2.05, 4.69) is 5.32 Å². The van der Waals surface area contributed by atoms with E-state index in [0.717, 1.165) is 0 Å². The van der Waals surface area contributed by atoms with Crippen LogP contribution in [0, 0.1) is 10.1 Å². The van der Waals surface area contributed by atoms with Crippen LogP contribution in [0.15, 0.2) is 41.3 Å². The molecule has 0 bridgehead atoms. The largest absolute Gasteiger partial charge is 0.493 e. The summed E-state index contributed by atoms with van der Waals surface area (Å²) in [4.78, 5) is 23.4. The number of nitrogens with zero attached hydrogens (tertiary/aromatic N) is 1. The normalized spacial score (nSPS) is 10.1. The second-order valence-corrected chi connectivity index (χ2v) is 5.52. The first kappa shape index (κ1) is 17.6. The minimum Gasteiger partial charge on any atom is -0.493 e. The van der Waals surface area contributed by atoms with Crippen LogP contribution in [-0.4, -0.2) is 31.3 Å². The molecule has 0 aliphatic heterocycles. The fourth-order valence-electron chi connectivity index (χ4n) is 2.09. The number of nitrogens with one attached hydrogen (secondary N) is 1. The van der Waals surface area contributed by atoms with Crippen LogP contribution in [-0.2, 0) is 0 Å². The average molecular weight is 348 g/mol. The number of anilines is 1. The van der Waals surface area contributed by atoms with E-state index in [1.54, 1.807) is 36.6 Å². The summed E-state index contributed by atoms with van der Waals surface area (Å²) < 4.78 is 10.3. The first-order valence-corrected chi connectivity index (χ1v) is 8.08. The quantitative estimate of drug-likeness (QED) is 0.487. The number of nitro groups is 1. The summed E-state index contributed by atoms with van der Waals surface area (Å²) in [7, 11) is 3.01. The number of ether oxygens (including phenoxy) is 2. The zero-order valence-corrected chi connectivity index (χ0v) is 14.2. The average Bonchev–Trinajstić information content (AvgIpc) is 2.60. The molecular weight excluding hydrogens is 332 g/mol. The highest BCUT2D eigenvalue weighted by Crippen LogP contribution is 2.31. The molecule has 0 unspecified atom stereocenters. The molecule has 0 aliphatic rings. The van der Waals surface area contributed by atoms with Crippen LogP contribution >= 0.6 is 11.8 Å². The van der Waals surface area contributed by atoms with Crippen LogP contribution in [0.1, 0.15) is 10.4 Å². The lowest BCUT2D eigenvalue weighted by molar-refractivity contribution is -0.387. The summed E-state index contributed by atoms with van der Waals surface area (Å²) in [6.07, 6.45) is 1.74. The van der Waals surface area contributed by atoms with Gasteiger partial charge in [-0.1, -0.05) is 0 Å². The number of rotatable bonds is 6. The summed E-state index contributed by atoms with van der Waals surface area (Å²) in [5, 5.41) is 13.8. The minimum absolute atomic E-state index is 0.0949. The fraction of sp³-hybridized carbons (Fsp3) is 0.188. The third-order valence-electron chi connectivity index (χ3n) is 3.28. The highest BCUT2D eigenvalue weighted by molar-refractivity contribution is 7.98. The topological polar surface area (TPSA) is 90.7 Å². The molecule has 126 valence electrons. The van der Waals surface area contributed by atoms with Gasteiger partial charge in [0, 0.05) is 23.4 Å². The van der Waals surface area contributed by atoms with E-state index >= 15 is 0 Å². The molecule has 1 amide bonds. The van der Waals surface area contributed by atoms with Gasteiger partial charge in [0.15, 0.2) is 11.5 Å². The maximum absolute atomic E-state index is 12.3. The van der Waals surface area contributed by atoms with Crippen molar-refractivity contribution in [2.75, 3.05) is 25.8 Å². The molecule has 0 aromatic heterocycles. The number of carbonyl (C=O) groups excluding carboxylic acids is 1. The van der Waals surface area contributed by atoms with Crippen molar-refractivity contribution in [3.8, 4) is 11.5 Å². The van der Waals surface area contributed by atoms with Gasteiger partial charge in [-0.25, -0.2) is 0 Å². The molecule has 0 radical (unpaired) electrons. The van der Waals surface area contributed by atoms with Crippen LogP contribution < -0.4 is 14.8 Å². The second kappa shape index (κ2) is 7.69. The van der Waals surface area contributed by atoms with Crippen molar-refractivity contribution in [2.45, 2.75) is 4.90 Å². The number of hydrogen-bond acceptors (Lipinski definition) is 6. The highest BCUT2D eigenvalue weighted by atomic mass is 32.2. The Kier molecular flexibility index (Phi) is 5.64. The Labute approximate surface area is 143 Å². The monoisotopic (exact) mass is 348 g/mol. The van der Waals surface area contributed by atoms with Gasteiger partial charge in [-0.2, -0.15) is 0 Å². The number of thioether (sulfide) groups is 1. The number of carbonyl (C=O) groups is 1. The van der Waals surface area contributed by atoms with Crippen molar-refractivity contribution in [2.24, 2.45) is 0 Å². The fourth-order valence-corrected chi connectivity index (χ4v) is 2.64. The number of hydrogen-bond donors (Lipinski definition) is 1. The van der Waals surface area contributed by atoms with E-state index in [4.69, 9.17) is 9.47 Å². The first-order valence-electron chi connectivity index (χ1n) is 6.86. The maximum atomic E-state index is 12.3. The Hall–Kier alpha value is -2.74. The van der Waals surface area contributed by atoms with Crippen molar-refractivity contribution in [3.05, 3.63) is 52.1 Å². The van der Waals surface area contributed by atoms with E-state index in [1.807, 2.05) is 0 Å². The summed E-state index contributed by atoms with van der Waals surface area (Å²) >= 11 is 1.25. The maximum Gasteiger partial charge on any atom is 0.283 e. The van der Waals surface area contributed by atoms with Gasteiger partial charge in [-0.05, 0) is 30.5 Å². The molecule has 2 aromatic carbocycles. The van der Waals surface area contributed by atoms with Gasteiger partial charge in [0.25, 0.3) is 11.6 Å². The summed E-state index contributed by atoms with van der Waals surface area (Å²) in [6.45, 7) is 0. The molecule has 7 nitrogen and oxygen atoms in total. The third-order valence-corrected chi connectivity index (χ3v) is 4.06. The molecule has 2 rings (SSSR count). The molecule has 0 heterocycles. The van der Waals surface area contributed by atoms with E-state index < -0.39 is 10.8 Å². The number of methoxy groups -OCH3 is 2. The summed E-state index contributed by atoms with van der Waals surface area (Å²) in [6, 6.07) is 9.31. The predicted octanol–water partition coefficient (Wildman–Crippen LogP) is 3.59. The van der Waals surface area contributed by atoms with Crippen molar-refractivity contribution >= 4 is 29.0 Å². The Bertz CT molecular complexity index is 779. The molecule has 1 N–H and O–H groups in total. The number of amides is 1. The second-order valence-electron chi connectivity index (χ2n) is 4.67. The van der Waals surface area contributed by atoms with Gasteiger partial charge in [-0.3, -0.25) is 14.9 Å². The third kappa shape index (κ3) is 3.77. The lowest BCUT2D eigenvalue weighted by atomic mass is 10.2. The molecule has 0 saturated carbocycles. The van der Waals surface area contributed by atoms with Crippen molar-refractivity contribution in [1.29, 1.82) is 0 Å². The zero-order chi connectivity index (χ0) is 17.7. The van der Waals surface area contributed by atoms with Gasteiger partial charge < -0.3 is 14.8 Å². The van der Waals surface area contributed by atoms with Gasteiger partial charge in [-0.15, -0.1) is 11.8 Å². The van der Waals surface area contributed by atoms with Crippen LogP contribution in [0.4, 0.5) is 11.4 Å². The van der Waals surface area contributed by atoms with Gasteiger partial charge in [0.1, 0.15) is 0 Å². The summed E-state index contributed by atoms with van der Waals surface area (Å²) in [5.74, 6) is 0.562. The SMILES string of the molecule is COc1ccc(NC(=O)c2ccc(SC)c([N+](=O)[O-])c2)cc1OC. The van der Waals surface area contributed by atoms with Crippen molar-refractivity contribution in [1.82, 2.24) is 0 Å². The van der Waals surface area contributed by atoms with Gasteiger partial charge in [0.2, 0.25) is 0 Å². The van der Waals surface area contributed by atoms with Crippen molar-refractivity contribution < 1.29 is 19.2 Å². The van der Waals surface area contributed by atoms with E-state index in [0.29, 0.717) is 22.1 Å². The first-order chi connectivity index (χ1) is 11.5. The molecule has 0 atom stereocenters. The lowest BCUT2D eigenvalue weighted by Crippen LogP contribution is -2.12. The smallest absolute Gasteiger partial charge is 0.283 e. The Morgan fingerprint density at radius 3 is 2.42 bits per heavy atom. The van der Waals surface area contributed by atoms with E-state index in [1.165, 1.54) is 32.0 Å². The van der Waals surface area contributed by atoms with Gasteiger partial charge in [0.05, 0.1) is 24.0 Å². The molecule has 2 aromatic rings. The Morgan fingerprint density at radius 1 is 1.12 bits per heavy atom. The molecule has 0 saturated heterocycles. The lowest BCUT2D eigenvalue weighted by Gasteiger charge is -2.11. The predicted molar refractivity (Wildman–Crippen MR) is 92.4 cm³/mol. The van der Waals surface area contributed by atoms with E-state index in [-0.39, 0.29) is 11.3 Å². The van der Waals surface area contributed by atoms with Crippen LogP contribution in [0.25, 0.3) is 0 Å². The molecule has 0 aliphatic carbocycles. The van der Waals surface area contributed by atoms with Crippen LogP contribution in [0.5, 0.6) is 11.5 Å². The van der Waals surface area contributed by atoms with Crippen LogP contribution in [0.2, 0.25) is 0 Å². The molecule has 0 fully saturated rings. The zero-order valence-electron chi connectivity index (χ0n) is 13.4.